The minimum Gasteiger partial charge on any atom is -0.380 e. The van der Waals surface area contributed by atoms with Crippen molar-refractivity contribution in [1.29, 1.82) is 5.26 Å². The fourth-order valence-electron chi connectivity index (χ4n) is 1.48. The van der Waals surface area contributed by atoms with Gasteiger partial charge in [0.15, 0.2) is 0 Å². The van der Waals surface area contributed by atoms with Gasteiger partial charge in [-0.15, -0.1) is 0 Å². The number of nitrogens with zero attached hydrogens (tertiary/aromatic N) is 1. The molecule has 1 aromatic rings. The molecule has 0 spiro atoms. The maximum absolute atomic E-state index is 12.0. The summed E-state index contributed by atoms with van der Waals surface area (Å²) in [5, 5.41) is 9.01. The number of nitrogens with one attached hydrogen (secondary N) is 1. The van der Waals surface area contributed by atoms with E-state index in [0.717, 1.165) is 0 Å². The predicted octanol–water partition coefficient (Wildman–Crippen LogP) is 1.18. The van der Waals surface area contributed by atoms with Crippen LogP contribution in [0, 0.1) is 18.3 Å². The molecule has 98 valence electrons. The monoisotopic (exact) mass is 268 g/mol. The van der Waals surface area contributed by atoms with Gasteiger partial charge in [0.2, 0.25) is 10.0 Å². The highest BCUT2D eigenvalue weighted by atomic mass is 32.2. The van der Waals surface area contributed by atoms with Crippen LogP contribution < -0.4 is 4.72 Å². The van der Waals surface area contributed by atoms with Crippen molar-refractivity contribution in [2.45, 2.75) is 18.7 Å². The first-order valence-electron chi connectivity index (χ1n) is 5.60. The zero-order valence-electron chi connectivity index (χ0n) is 10.4. The average molecular weight is 268 g/mol. The van der Waals surface area contributed by atoms with Gasteiger partial charge < -0.3 is 4.74 Å². The van der Waals surface area contributed by atoms with E-state index in [2.05, 4.69) is 4.72 Å². The Morgan fingerprint density at radius 1 is 1.44 bits per heavy atom. The fourth-order valence-corrected chi connectivity index (χ4v) is 2.72. The van der Waals surface area contributed by atoms with Crippen LogP contribution in [0.1, 0.15) is 18.1 Å². The second-order valence-corrected chi connectivity index (χ2v) is 5.39. The van der Waals surface area contributed by atoms with Crippen LogP contribution in [0.2, 0.25) is 0 Å². The maximum atomic E-state index is 12.0. The van der Waals surface area contributed by atoms with E-state index in [0.29, 0.717) is 18.8 Å². The van der Waals surface area contributed by atoms with Gasteiger partial charge in [0, 0.05) is 13.2 Å². The Kier molecular flexibility index (Phi) is 5.28. The first-order chi connectivity index (χ1) is 8.53. The molecule has 0 saturated heterocycles. The van der Waals surface area contributed by atoms with E-state index in [1.807, 2.05) is 13.0 Å². The molecule has 0 aliphatic rings. The lowest BCUT2D eigenvalue weighted by atomic mass is 10.1. The number of hydrogen-bond donors (Lipinski definition) is 1. The molecule has 0 aromatic heterocycles. The van der Waals surface area contributed by atoms with Gasteiger partial charge in [-0.2, -0.15) is 5.26 Å². The summed E-state index contributed by atoms with van der Waals surface area (Å²) in [5.74, 6) is 0. The van der Waals surface area contributed by atoms with Gasteiger partial charge in [-0.3, -0.25) is 0 Å². The van der Waals surface area contributed by atoms with E-state index in [4.69, 9.17) is 10.00 Å². The second-order valence-electron chi connectivity index (χ2n) is 3.65. The lowest BCUT2D eigenvalue weighted by Gasteiger charge is -2.09. The molecule has 0 atom stereocenters. The summed E-state index contributed by atoms with van der Waals surface area (Å²) < 4.78 is 31.5. The Balaban J connectivity index is 2.93. The van der Waals surface area contributed by atoms with E-state index in [-0.39, 0.29) is 17.0 Å². The third-order valence-electron chi connectivity index (χ3n) is 2.38. The summed E-state index contributed by atoms with van der Waals surface area (Å²) in [6.07, 6.45) is 0. The number of sulfonamides is 1. The van der Waals surface area contributed by atoms with Crippen molar-refractivity contribution < 1.29 is 13.2 Å². The van der Waals surface area contributed by atoms with Crippen LogP contribution in [0.5, 0.6) is 0 Å². The van der Waals surface area contributed by atoms with Crippen LogP contribution in [0.25, 0.3) is 0 Å². The fraction of sp³-hybridized carbons (Fsp3) is 0.417. The van der Waals surface area contributed by atoms with Crippen molar-refractivity contribution in [1.82, 2.24) is 4.72 Å². The van der Waals surface area contributed by atoms with E-state index in [1.54, 1.807) is 19.1 Å². The molecule has 0 radical (unpaired) electrons. The van der Waals surface area contributed by atoms with Gasteiger partial charge in [0.05, 0.1) is 17.1 Å². The van der Waals surface area contributed by atoms with Gasteiger partial charge in [-0.1, -0.05) is 12.1 Å². The largest absolute Gasteiger partial charge is 0.380 e. The molecule has 0 unspecified atom stereocenters. The normalized spacial score (nSPS) is 11.2. The van der Waals surface area contributed by atoms with Crippen molar-refractivity contribution in [2.24, 2.45) is 0 Å². The van der Waals surface area contributed by atoms with Crippen LogP contribution >= 0.6 is 0 Å². The predicted molar refractivity (Wildman–Crippen MR) is 67.6 cm³/mol. The number of hydrogen-bond acceptors (Lipinski definition) is 4. The number of nitriles is 1. The lowest BCUT2D eigenvalue weighted by molar-refractivity contribution is 0.153. The van der Waals surface area contributed by atoms with Gasteiger partial charge in [-0.25, -0.2) is 13.1 Å². The molecule has 1 aromatic carbocycles. The minimum absolute atomic E-state index is 0.0153. The summed E-state index contributed by atoms with van der Waals surface area (Å²) >= 11 is 0. The first-order valence-corrected chi connectivity index (χ1v) is 7.08. The van der Waals surface area contributed by atoms with Crippen molar-refractivity contribution in [3.05, 3.63) is 29.3 Å². The molecule has 0 fully saturated rings. The molecule has 0 aliphatic carbocycles. The van der Waals surface area contributed by atoms with Crippen molar-refractivity contribution >= 4 is 10.0 Å². The molecule has 0 aliphatic heterocycles. The topological polar surface area (TPSA) is 79.2 Å². The SMILES string of the molecule is CCOCCNS(=O)(=O)c1cccc(C)c1C#N. The Hall–Kier alpha value is -1.42. The summed E-state index contributed by atoms with van der Waals surface area (Å²) in [6.45, 7) is 4.58. The van der Waals surface area contributed by atoms with E-state index in [9.17, 15) is 8.42 Å². The second kappa shape index (κ2) is 6.50. The maximum Gasteiger partial charge on any atom is 0.241 e. The van der Waals surface area contributed by atoms with E-state index < -0.39 is 10.0 Å². The lowest BCUT2D eigenvalue weighted by Crippen LogP contribution is -2.28. The van der Waals surface area contributed by atoms with Crippen molar-refractivity contribution in [3.8, 4) is 6.07 Å². The standard InChI is InChI=1S/C12H16N2O3S/c1-3-17-8-7-14-18(15,16)12-6-4-5-10(2)11(12)9-13/h4-6,14H,3,7-8H2,1-2H3. The van der Waals surface area contributed by atoms with Crippen LogP contribution in [0.4, 0.5) is 0 Å². The zero-order valence-corrected chi connectivity index (χ0v) is 11.3. The van der Waals surface area contributed by atoms with Crippen molar-refractivity contribution in [2.75, 3.05) is 19.8 Å². The van der Waals surface area contributed by atoms with E-state index >= 15 is 0 Å². The number of benzene rings is 1. The highest BCUT2D eigenvalue weighted by molar-refractivity contribution is 7.89. The smallest absolute Gasteiger partial charge is 0.241 e. The van der Waals surface area contributed by atoms with Crippen LogP contribution in [-0.2, 0) is 14.8 Å². The zero-order chi connectivity index (χ0) is 13.6. The number of rotatable bonds is 6. The molecule has 0 heterocycles. The van der Waals surface area contributed by atoms with Gasteiger partial charge in [0.1, 0.15) is 6.07 Å². The summed E-state index contributed by atoms with van der Waals surface area (Å²) in [7, 11) is -3.66. The quantitative estimate of drug-likeness (QED) is 0.786. The molecule has 1 N–H and O–H groups in total. The first kappa shape index (κ1) is 14.6. The average Bonchev–Trinajstić information content (AvgIpc) is 2.34. The van der Waals surface area contributed by atoms with Crippen molar-refractivity contribution in [3.63, 3.8) is 0 Å². The summed E-state index contributed by atoms with van der Waals surface area (Å²) in [6, 6.07) is 6.67. The molecular formula is C12H16N2O3S. The van der Waals surface area contributed by atoms with Gasteiger partial charge in [0.25, 0.3) is 0 Å². The molecule has 0 bridgehead atoms. The van der Waals surface area contributed by atoms with Crippen LogP contribution in [-0.4, -0.2) is 28.2 Å². The molecule has 0 saturated carbocycles. The Bertz CT molecular complexity index is 547. The third-order valence-corrected chi connectivity index (χ3v) is 3.88. The Morgan fingerprint density at radius 2 is 2.17 bits per heavy atom. The van der Waals surface area contributed by atoms with Gasteiger partial charge >= 0.3 is 0 Å². The molecule has 0 amide bonds. The Labute approximate surface area is 107 Å². The van der Waals surface area contributed by atoms with E-state index in [1.165, 1.54) is 6.07 Å². The third kappa shape index (κ3) is 3.53. The number of ether oxygens (including phenoxy) is 1. The molecular weight excluding hydrogens is 252 g/mol. The van der Waals surface area contributed by atoms with Crippen LogP contribution in [0.3, 0.4) is 0 Å². The highest BCUT2D eigenvalue weighted by Crippen LogP contribution is 2.17. The minimum atomic E-state index is -3.66. The summed E-state index contributed by atoms with van der Waals surface area (Å²) in [4.78, 5) is 0.0153. The number of aryl methyl sites for hydroxylation is 1. The molecule has 5 nitrogen and oxygen atoms in total. The molecule has 6 heteroatoms. The Morgan fingerprint density at radius 3 is 2.78 bits per heavy atom. The highest BCUT2D eigenvalue weighted by Gasteiger charge is 2.18. The molecule has 18 heavy (non-hydrogen) atoms. The molecule has 1 rings (SSSR count). The van der Waals surface area contributed by atoms with Crippen LogP contribution in [0.15, 0.2) is 23.1 Å². The van der Waals surface area contributed by atoms with Gasteiger partial charge in [-0.05, 0) is 25.5 Å². The summed E-state index contributed by atoms with van der Waals surface area (Å²) in [5.41, 5.74) is 0.826.